The molecule has 0 aliphatic carbocycles. The number of alkyl halides is 4. The zero-order chi connectivity index (χ0) is 12.8. The van der Waals surface area contributed by atoms with Crippen molar-refractivity contribution in [2.24, 2.45) is 0 Å². The molecule has 2 atom stereocenters. The maximum atomic E-state index is 13.1. The molecule has 17 heavy (non-hydrogen) atoms. The maximum absolute atomic E-state index is 13.1. The summed E-state index contributed by atoms with van der Waals surface area (Å²) in [5, 5.41) is 6.41. The molecule has 1 N–H and O–H groups in total. The van der Waals surface area contributed by atoms with Gasteiger partial charge >= 0.3 is 0 Å². The second-order valence-corrected chi connectivity index (χ2v) is 4.34. The van der Waals surface area contributed by atoms with Gasteiger partial charge in [-0.1, -0.05) is 22.1 Å². The third kappa shape index (κ3) is 1.95. The van der Waals surface area contributed by atoms with Crippen molar-refractivity contribution in [2.45, 2.75) is 24.2 Å². The molecule has 0 spiro atoms. The first-order chi connectivity index (χ1) is 7.84. The van der Waals surface area contributed by atoms with Crippen LogP contribution in [-0.4, -0.2) is 17.8 Å². The van der Waals surface area contributed by atoms with Crippen molar-refractivity contribution in [3.63, 3.8) is 0 Å². The molecule has 1 heterocycles. The molecule has 1 aliphatic rings. The van der Waals surface area contributed by atoms with Crippen LogP contribution in [0.4, 0.5) is 23.3 Å². The molecule has 2 rings (SSSR count). The van der Waals surface area contributed by atoms with Crippen LogP contribution in [0.2, 0.25) is 0 Å². The quantitative estimate of drug-likeness (QED) is 0.386. The van der Waals surface area contributed by atoms with E-state index in [0.717, 1.165) is 18.2 Å². The fourth-order valence-electron chi connectivity index (χ4n) is 1.71. The van der Waals surface area contributed by atoms with Crippen LogP contribution < -0.4 is 5.12 Å². The largest absolute Gasteiger partial charge is 0.366 e. The number of benzene rings is 1. The van der Waals surface area contributed by atoms with Gasteiger partial charge in [0, 0.05) is 12.0 Å². The van der Waals surface area contributed by atoms with E-state index in [2.05, 4.69) is 0 Å². The van der Waals surface area contributed by atoms with E-state index in [1.165, 1.54) is 0 Å². The first-order valence-electron chi connectivity index (χ1n) is 4.76. The summed E-state index contributed by atoms with van der Waals surface area (Å²) in [4.78, 5) is 0. The molecule has 2 unspecified atom stereocenters. The van der Waals surface area contributed by atoms with Crippen LogP contribution in [0.15, 0.2) is 18.2 Å². The Morgan fingerprint density at radius 2 is 2.12 bits per heavy atom. The van der Waals surface area contributed by atoms with Gasteiger partial charge < -0.3 is 5.11 Å². The van der Waals surface area contributed by atoms with Gasteiger partial charge in [0.2, 0.25) is 11.4 Å². The third-order valence-electron chi connectivity index (χ3n) is 2.64. The van der Waals surface area contributed by atoms with Crippen LogP contribution >= 0.6 is 11.6 Å². The second-order valence-electron chi connectivity index (χ2n) is 3.77. The number of fused-ring (bicyclic) bond motifs is 1. The minimum Gasteiger partial charge on any atom is -0.366 e. The Kier molecular flexibility index (Phi) is 2.95. The zero-order valence-corrected chi connectivity index (χ0v) is 9.13. The molecule has 0 fully saturated rings. The molecule has 0 radical (unpaired) electrons. The van der Waals surface area contributed by atoms with E-state index in [1.54, 1.807) is 0 Å². The van der Waals surface area contributed by atoms with Crippen molar-refractivity contribution in [1.82, 2.24) is 0 Å². The van der Waals surface area contributed by atoms with Crippen molar-refractivity contribution >= 4 is 17.3 Å². The average Bonchev–Trinajstić information content (AvgIpc) is 2.54. The summed E-state index contributed by atoms with van der Waals surface area (Å²) < 4.78 is 51.0. The highest BCUT2D eigenvalue weighted by Gasteiger charge is 2.39. The number of anilines is 1. The van der Waals surface area contributed by atoms with Crippen LogP contribution in [0.25, 0.3) is 0 Å². The molecular formula is C10H8ClF4NO. The second kappa shape index (κ2) is 4.03. The summed E-state index contributed by atoms with van der Waals surface area (Å²) in [6.45, 7) is 0. The van der Waals surface area contributed by atoms with Crippen LogP contribution in [0, 0.1) is 0 Å². The van der Waals surface area contributed by atoms with E-state index in [4.69, 9.17) is 11.6 Å². The lowest BCUT2D eigenvalue weighted by Gasteiger charge is -2.20. The number of halogens is 5. The van der Waals surface area contributed by atoms with E-state index in [0.29, 0.717) is 0 Å². The fraction of sp³-hybridized carbons (Fsp3) is 0.400. The van der Waals surface area contributed by atoms with Gasteiger partial charge in [-0.3, -0.25) is 0 Å². The Labute approximate surface area is 99.3 Å². The SMILES string of the molecule is OC(Cl)(c1ccc2c(c1)CC(F)N2F)C(F)F. The number of hydrogen-bond acceptors (Lipinski definition) is 2. The Bertz CT molecular complexity index is 440. The van der Waals surface area contributed by atoms with Gasteiger partial charge in [0.15, 0.2) is 0 Å². The molecule has 1 aromatic rings. The Hall–Kier alpha value is -1.01. The molecular weight excluding hydrogens is 262 g/mol. The van der Waals surface area contributed by atoms with Gasteiger partial charge in [-0.05, 0) is 17.7 Å². The summed E-state index contributed by atoms with van der Waals surface area (Å²) in [7, 11) is 0. The Morgan fingerprint density at radius 3 is 2.71 bits per heavy atom. The van der Waals surface area contributed by atoms with Gasteiger partial charge in [-0.2, -0.15) is 5.12 Å². The molecule has 1 aliphatic heterocycles. The van der Waals surface area contributed by atoms with Gasteiger partial charge in [0.05, 0.1) is 5.69 Å². The van der Waals surface area contributed by atoms with E-state index >= 15 is 0 Å². The lowest BCUT2D eigenvalue weighted by Crippen LogP contribution is -2.27. The van der Waals surface area contributed by atoms with Crippen LogP contribution in [0.5, 0.6) is 0 Å². The first-order valence-corrected chi connectivity index (χ1v) is 5.13. The highest BCUT2D eigenvalue weighted by Crippen LogP contribution is 2.39. The zero-order valence-electron chi connectivity index (χ0n) is 8.38. The lowest BCUT2D eigenvalue weighted by atomic mass is 10.0. The predicted octanol–water partition coefficient (Wildman–Crippen LogP) is 2.88. The molecule has 0 bridgehead atoms. The first kappa shape index (κ1) is 12.4. The molecule has 7 heteroatoms. The number of aliphatic hydroxyl groups is 1. The van der Waals surface area contributed by atoms with Crippen molar-refractivity contribution in [3.8, 4) is 0 Å². The van der Waals surface area contributed by atoms with Crippen LogP contribution in [0.3, 0.4) is 0 Å². The van der Waals surface area contributed by atoms with Crippen molar-refractivity contribution in [2.75, 3.05) is 5.12 Å². The molecule has 0 aromatic heterocycles. The summed E-state index contributed by atoms with van der Waals surface area (Å²) >= 11 is 5.28. The number of hydrogen-bond donors (Lipinski definition) is 1. The maximum Gasteiger partial charge on any atom is 0.285 e. The van der Waals surface area contributed by atoms with Crippen molar-refractivity contribution in [1.29, 1.82) is 0 Å². The van der Waals surface area contributed by atoms with E-state index in [9.17, 15) is 22.8 Å². The molecule has 94 valence electrons. The highest BCUT2D eigenvalue weighted by atomic mass is 35.5. The standard InChI is InChI=1S/C10H8ClF4NO/c11-10(17,9(13)14)6-1-2-7-5(3-6)4-8(12)16(7)15/h1-3,8-9,17H,4H2. The third-order valence-corrected chi connectivity index (χ3v) is 3.02. The summed E-state index contributed by atoms with van der Waals surface area (Å²) in [6.07, 6.45) is -5.31. The van der Waals surface area contributed by atoms with Crippen molar-refractivity contribution in [3.05, 3.63) is 29.3 Å². The van der Waals surface area contributed by atoms with Gasteiger partial charge in [0.25, 0.3) is 6.43 Å². The molecule has 0 amide bonds. The van der Waals surface area contributed by atoms with Crippen molar-refractivity contribution < 1.29 is 22.8 Å². The van der Waals surface area contributed by atoms with Crippen LogP contribution in [-0.2, 0) is 11.5 Å². The monoisotopic (exact) mass is 269 g/mol. The molecule has 2 nitrogen and oxygen atoms in total. The highest BCUT2D eigenvalue weighted by molar-refractivity contribution is 6.23. The number of rotatable bonds is 2. The van der Waals surface area contributed by atoms with Gasteiger partial charge in [-0.15, -0.1) is 0 Å². The average molecular weight is 270 g/mol. The smallest absolute Gasteiger partial charge is 0.285 e. The summed E-state index contributed by atoms with van der Waals surface area (Å²) in [6, 6.07) is 3.24. The summed E-state index contributed by atoms with van der Waals surface area (Å²) in [5.41, 5.74) is -0.129. The molecule has 0 saturated carbocycles. The summed E-state index contributed by atoms with van der Waals surface area (Å²) in [5.74, 6) is 0. The molecule has 1 aromatic carbocycles. The predicted molar refractivity (Wildman–Crippen MR) is 54.4 cm³/mol. The van der Waals surface area contributed by atoms with E-state index in [-0.39, 0.29) is 28.4 Å². The minimum absolute atomic E-state index is 0.0389. The molecule has 0 saturated heterocycles. The Morgan fingerprint density at radius 1 is 1.47 bits per heavy atom. The van der Waals surface area contributed by atoms with Gasteiger partial charge in [0.1, 0.15) is 0 Å². The van der Waals surface area contributed by atoms with Gasteiger partial charge in [-0.25, -0.2) is 13.2 Å². The van der Waals surface area contributed by atoms with E-state index < -0.39 is 17.8 Å². The minimum atomic E-state index is -3.20. The fourth-order valence-corrected chi connectivity index (χ4v) is 1.83. The normalized spacial score (nSPS) is 22.8. The Balaban J connectivity index is 2.40. The lowest BCUT2D eigenvalue weighted by molar-refractivity contribution is -0.0399. The van der Waals surface area contributed by atoms with Crippen LogP contribution in [0.1, 0.15) is 11.1 Å². The topological polar surface area (TPSA) is 23.5 Å². The van der Waals surface area contributed by atoms with E-state index in [1.807, 2.05) is 0 Å². The number of nitrogens with zero attached hydrogens (tertiary/aromatic N) is 1.